The molecule has 1 saturated heterocycles. The van der Waals surface area contributed by atoms with E-state index in [1.807, 2.05) is 6.92 Å². The molecule has 1 heterocycles. The van der Waals surface area contributed by atoms with Gasteiger partial charge in [-0.2, -0.15) is 0 Å². The van der Waals surface area contributed by atoms with Gasteiger partial charge in [0, 0.05) is 6.54 Å². The molecule has 7 heteroatoms. The van der Waals surface area contributed by atoms with Gasteiger partial charge >= 0.3 is 6.36 Å². The predicted octanol–water partition coefficient (Wildman–Crippen LogP) is 3.08. The quantitative estimate of drug-likeness (QED) is 0.902. The van der Waals surface area contributed by atoms with Crippen LogP contribution in [0.25, 0.3) is 0 Å². The van der Waals surface area contributed by atoms with Crippen molar-refractivity contribution in [2.24, 2.45) is 0 Å². The lowest BCUT2D eigenvalue weighted by Crippen LogP contribution is -2.49. The molecular formula is C16H21F3N2O2. The van der Waals surface area contributed by atoms with Gasteiger partial charge in [0.1, 0.15) is 5.75 Å². The number of alkyl halides is 3. The van der Waals surface area contributed by atoms with E-state index < -0.39 is 6.36 Å². The number of likely N-dealkylation sites (N-methyl/N-ethyl adjacent to an activating group) is 1. The molecule has 23 heavy (non-hydrogen) atoms. The molecule has 128 valence electrons. The largest absolute Gasteiger partial charge is 0.573 e. The first-order valence-electron chi connectivity index (χ1n) is 7.75. The van der Waals surface area contributed by atoms with E-state index in [1.54, 1.807) is 6.07 Å². The lowest BCUT2D eigenvalue weighted by atomic mass is 10.0. The molecule has 1 aromatic carbocycles. The van der Waals surface area contributed by atoms with Crippen LogP contribution >= 0.6 is 0 Å². The van der Waals surface area contributed by atoms with Crippen molar-refractivity contribution in [3.8, 4) is 5.75 Å². The fraction of sp³-hybridized carbons (Fsp3) is 0.562. The third-order valence-corrected chi connectivity index (χ3v) is 3.92. The van der Waals surface area contributed by atoms with Crippen LogP contribution in [0.15, 0.2) is 24.3 Å². The minimum Gasteiger partial charge on any atom is -0.406 e. The number of carbonyl (C=O) groups is 1. The van der Waals surface area contributed by atoms with E-state index in [-0.39, 0.29) is 24.2 Å². The van der Waals surface area contributed by atoms with Gasteiger partial charge in [0.25, 0.3) is 0 Å². The number of piperidine rings is 1. The minimum atomic E-state index is -4.72. The molecule has 1 aliphatic heterocycles. The van der Waals surface area contributed by atoms with Gasteiger partial charge in [-0.15, -0.1) is 13.2 Å². The summed E-state index contributed by atoms with van der Waals surface area (Å²) in [6.45, 7) is 3.92. The highest BCUT2D eigenvalue weighted by Gasteiger charge is 2.31. The normalized spacial score (nSPS) is 19.4. The summed E-state index contributed by atoms with van der Waals surface area (Å²) in [6, 6.07) is 5.50. The Morgan fingerprint density at radius 2 is 2.17 bits per heavy atom. The van der Waals surface area contributed by atoms with Crippen LogP contribution in [0.5, 0.6) is 5.75 Å². The zero-order valence-corrected chi connectivity index (χ0v) is 13.0. The highest BCUT2D eigenvalue weighted by molar-refractivity contribution is 5.81. The molecule has 0 spiro atoms. The van der Waals surface area contributed by atoms with Crippen LogP contribution in [-0.2, 0) is 11.3 Å². The van der Waals surface area contributed by atoms with Gasteiger partial charge in [-0.25, -0.2) is 0 Å². The Morgan fingerprint density at radius 1 is 1.39 bits per heavy atom. The summed E-state index contributed by atoms with van der Waals surface area (Å²) in [4.78, 5) is 14.4. The number of likely N-dealkylation sites (tertiary alicyclic amines) is 1. The Kier molecular flexibility index (Phi) is 5.87. The third kappa shape index (κ3) is 5.42. The zero-order valence-electron chi connectivity index (χ0n) is 13.0. The van der Waals surface area contributed by atoms with Crippen LogP contribution in [0, 0.1) is 0 Å². The summed E-state index contributed by atoms with van der Waals surface area (Å²) in [5, 5.41) is 2.81. The van der Waals surface area contributed by atoms with Gasteiger partial charge in [-0.1, -0.05) is 25.5 Å². The molecule has 0 saturated carbocycles. The second kappa shape index (κ2) is 7.68. The van der Waals surface area contributed by atoms with Gasteiger partial charge in [0.2, 0.25) is 5.91 Å². The summed E-state index contributed by atoms with van der Waals surface area (Å²) in [6.07, 6.45) is -1.79. The fourth-order valence-corrected chi connectivity index (χ4v) is 2.83. The van der Waals surface area contributed by atoms with E-state index in [0.717, 1.165) is 32.4 Å². The van der Waals surface area contributed by atoms with Crippen molar-refractivity contribution in [2.75, 3.05) is 13.1 Å². The molecule has 0 bridgehead atoms. The van der Waals surface area contributed by atoms with Crippen molar-refractivity contribution < 1.29 is 22.7 Å². The molecule has 0 unspecified atom stereocenters. The molecule has 1 amide bonds. The maximum atomic E-state index is 12.3. The maximum Gasteiger partial charge on any atom is 0.573 e. The maximum absolute atomic E-state index is 12.3. The average molecular weight is 330 g/mol. The molecule has 1 atom stereocenters. The van der Waals surface area contributed by atoms with Crippen molar-refractivity contribution in [2.45, 2.75) is 45.1 Å². The Hall–Kier alpha value is -1.76. The van der Waals surface area contributed by atoms with Gasteiger partial charge in [-0.05, 0) is 43.6 Å². The van der Waals surface area contributed by atoms with Crippen LogP contribution in [0.4, 0.5) is 13.2 Å². The summed E-state index contributed by atoms with van der Waals surface area (Å²) in [5.74, 6) is -0.356. The van der Waals surface area contributed by atoms with Crippen LogP contribution in [0.3, 0.4) is 0 Å². The smallest absolute Gasteiger partial charge is 0.406 e. The highest BCUT2D eigenvalue weighted by Crippen LogP contribution is 2.23. The second-order valence-electron chi connectivity index (χ2n) is 5.55. The van der Waals surface area contributed by atoms with E-state index >= 15 is 0 Å². The van der Waals surface area contributed by atoms with Gasteiger partial charge in [-0.3, -0.25) is 9.69 Å². The van der Waals surface area contributed by atoms with E-state index in [1.165, 1.54) is 18.2 Å². The lowest BCUT2D eigenvalue weighted by molar-refractivity contribution is -0.274. The SMILES string of the molecule is CCN1CCCC[C@H]1C(=O)NCc1cccc(OC(F)(F)F)c1. The molecule has 1 N–H and O–H groups in total. The number of benzene rings is 1. The summed E-state index contributed by atoms with van der Waals surface area (Å²) >= 11 is 0. The number of hydrogen-bond donors (Lipinski definition) is 1. The number of rotatable bonds is 5. The van der Waals surface area contributed by atoms with Crippen LogP contribution in [-0.4, -0.2) is 36.3 Å². The molecular weight excluding hydrogens is 309 g/mol. The summed E-state index contributed by atoms with van der Waals surface area (Å²) in [5.41, 5.74) is 0.568. The van der Waals surface area contributed by atoms with E-state index in [4.69, 9.17) is 0 Å². The van der Waals surface area contributed by atoms with Crippen molar-refractivity contribution in [1.29, 1.82) is 0 Å². The van der Waals surface area contributed by atoms with Crippen LogP contribution < -0.4 is 10.1 Å². The number of nitrogens with one attached hydrogen (secondary N) is 1. The molecule has 0 aliphatic carbocycles. The Labute approximate surface area is 133 Å². The average Bonchev–Trinajstić information content (AvgIpc) is 2.51. The third-order valence-electron chi connectivity index (χ3n) is 3.92. The standard InChI is InChI=1S/C16H21F3N2O2/c1-2-21-9-4-3-8-14(21)15(22)20-11-12-6-5-7-13(10-12)23-16(17,18)19/h5-7,10,14H,2-4,8-9,11H2,1H3,(H,20,22)/t14-/m0/s1. The lowest BCUT2D eigenvalue weighted by Gasteiger charge is -2.33. The predicted molar refractivity (Wildman–Crippen MR) is 79.9 cm³/mol. The monoisotopic (exact) mass is 330 g/mol. The van der Waals surface area contributed by atoms with Crippen molar-refractivity contribution in [1.82, 2.24) is 10.2 Å². The fourth-order valence-electron chi connectivity index (χ4n) is 2.83. The van der Waals surface area contributed by atoms with Crippen molar-refractivity contribution >= 4 is 5.91 Å². The molecule has 4 nitrogen and oxygen atoms in total. The molecule has 0 aromatic heterocycles. The number of carbonyl (C=O) groups excluding carboxylic acids is 1. The zero-order chi connectivity index (χ0) is 16.9. The molecule has 0 radical (unpaired) electrons. The Bertz CT molecular complexity index is 534. The first kappa shape index (κ1) is 17.6. The molecule has 2 rings (SSSR count). The number of amides is 1. The first-order valence-corrected chi connectivity index (χ1v) is 7.75. The number of ether oxygens (including phenoxy) is 1. The van der Waals surface area contributed by atoms with Gasteiger partial charge < -0.3 is 10.1 Å². The first-order chi connectivity index (χ1) is 10.9. The molecule has 1 aromatic rings. The van der Waals surface area contributed by atoms with E-state index in [2.05, 4.69) is 15.0 Å². The van der Waals surface area contributed by atoms with Crippen molar-refractivity contribution in [3.05, 3.63) is 29.8 Å². The summed E-state index contributed by atoms with van der Waals surface area (Å²) in [7, 11) is 0. The van der Waals surface area contributed by atoms with E-state index in [0.29, 0.717) is 5.56 Å². The Balaban J connectivity index is 1.92. The number of halogens is 3. The Morgan fingerprint density at radius 3 is 2.87 bits per heavy atom. The highest BCUT2D eigenvalue weighted by atomic mass is 19.4. The summed E-state index contributed by atoms with van der Waals surface area (Å²) < 4.78 is 40.5. The minimum absolute atomic E-state index is 0.0753. The van der Waals surface area contributed by atoms with Gasteiger partial charge in [0.15, 0.2) is 0 Å². The van der Waals surface area contributed by atoms with Crippen molar-refractivity contribution in [3.63, 3.8) is 0 Å². The number of hydrogen-bond acceptors (Lipinski definition) is 3. The number of nitrogens with zero attached hydrogens (tertiary/aromatic N) is 1. The molecule has 1 aliphatic rings. The topological polar surface area (TPSA) is 41.6 Å². The molecule has 1 fully saturated rings. The second-order valence-corrected chi connectivity index (χ2v) is 5.55. The van der Waals surface area contributed by atoms with Crippen LogP contribution in [0.1, 0.15) is 31.7 Å². The van der Waals surface area contributed by atoms with Gasteiger partial charge in [0.05, 0.1) is 6.04 Å². The van der Waals surface area contributed by atoms with E-state index in [9.17, 15) is 18.0 Å². The van der Waals surface area contributed by atoms with Crippen LogP contribution in [0.2, 0.25) is 0 Å².